The van der Waals surface area contributed by atoms with Gasteiger partial charge in [-0.3, -0.25) is 10.1 Å². The zero-order valence-electron chi connectivity index (χ0n) is 12.9. The summed E-state index contributed by atoms with van der Waals surface area (Å²) < 4.78 is 5.11. The number of anilines is 2. The van der Waals surface area contributed by atoms with E-state index in [1.165, 1.54) is 0 Å². The number of hydrogen-bond donors (Lipinski definition) is 2. The minimum absolute atomic E-state index is 0.235. The van der Waals surface area contributed by atoms with Crippen molar-refractivity contribution in [3.8, 4) is 0 Å². The highest BCUT2D eigenvalue weighted by Gasteiger charge is 2.15. The Kier molecular flexibility index (Phi) is 4.26. The van der Waals surface area contributed by atoms with Gasteiger partial charge in [0.05, 0.1) is 5.69 Å². The Morgan fingerprint density at radius 3 is 2.52 bits per heavy atom. The molecule has 0 aliphatic carbocycles. The number of amides is 1. The maximum atomic E-state index is 12.4. The number of nitrogens with one attached hydrogen (secondary N) is 2. The number of aryl methyl sites for hydroxylation is 1. The van der Waals surface area contributed by atoms with Crippen LogP contribution in [0.5, 0.6) is 0 Å². The summed E-state index contributed by atoms with van der Waals surface area (Å²) in [5.74, 6) is 1.04. The third-order valence-corrected chi connectivity index (χ3v) is 3.34. The van der Waals surface area contributed by atoms with Crippen LogP contribution in [0.3, 0.4) is 0 Å². The summed E-state index contributed by atoms with van der Waals surface area (Å²) in [7, 11) is 1.78. The van der Waals surface area contributed by atoms with Gasteiger partial charge in [0, 0.05) is 23.9 Å². The van der Waals surface area contributed by atoms with Crippen LogP contribution in [-0.2, 0) is 0 Å². The Morgan fingerprint density at radius 1 is 1.29 bits per heavy atom. The second-order valence-corrected chi connectivity index (χ2v) is 5.25. The first-order valence-electron chi connectivity index (χ1n) is 6.86. The van der Waals surface area contributed by atoms with E-state index in [2.05, 4.69) is 20.8 Å². The number of carbonyl (C=O) groups excluding carboxylic acids is 1. The Morgan fingerprint density at radius 2 is 2.00 bits per heavy atom. The van der Waals surface area contributed by atoms with Crippen LogP contribution >= 0.6 is 0 Å². The SMILES string of the molecule is CNc1cc(C(=O)Nc2onc(C)c2C)cc(C(C)C)n1. The molecular formula is C15H20N4O2. The van der Waals surface area contributed by atoms with Crippen molar-refractivity contribution in [1.29, 1.82) is 0 Å². The van der Waals surface area contributed by atoms with Crippen molar-refractivity contribution < 1.29 is 9.32 Å². The van der Waals surface area contributed by atoms with Gasteiger partial charge in [0.25, 0.3) is 5.91 Å². The third kappa shape index (κ3) is 3.21. The van der Waals surface area contributed by atoms with E-state index in [-0.39, 0.29) is 11.8 Å². The Balaban J connectivity index is 2.30. The molecule has 0 spiro atoms. The Bertz CT molecular complexity index is 662. The second kappa shape index (κ2) is 5.95. The van der Waals surface area contributed by atoms with E-state index in [0.717, 1.165) is 17.0 Å². The van der Waals surface area contributed by atoms with Crippen molar-refractivity contribution in [2.75, 3.05) is 17.7 Å². The third-order valence-electron chi connectivity index (χ3n) is 3.34. The summed E-state index contributed by atoms with van der Waals surface area (Å²) in [6.45, 7) is 7.75. The van der Waals surface area contributed by atoms with Gasteiger partial charge < -0.3 is 9.84 Å². The van der Waals surface area contributed by atoms with Crippen molar-refractivity contribution in [2.24, 2.45) is 0 Å². The lowest BCUT2D eigenvalue weighted by atomic mass is 10.1. The molecule has 2 aromatic rings. The van der Waals surface area contributed by atoms with Gasteiger partial charge in [-0.05, 0) is 31.9 Å². The molecule has 0 unspecified atom stereocenters. The molecule has 0 aliphatic heterocycles. The van der Waals surface area contributed by atoms with E-state index >= 15 is 0 Å². The molecule has 0 bridgehead atoms. The van der Waals surface area contributed by atoms with Crippen LogP contribution in [0.2, 0.25) is 0 Å². The van der Waals surface area contributed by atoms with Gasteiger partial charge in [-0.1, -0.05) is 19.0 Å². The second-order valence-electron chi connectivity index (χ2n) is 5.25. The highest BCUT2D eigenvalue weighted by molar-refractivity contribution is 6.04. The smallest absolute Gasteiger partial charge is 0.258 e. The van der Waals surface area contributed by atoms with Crippen LogP contribution in [0.15, 0.2) is 16.7 Å². The lowest BCUT2D eigenvalue weighted by molar-refractivity contribution is 0.102. The zero-order valence-corrected chi connectivity index (χ0v) is 12.9. The fourth-order valence-electron chi connectivity index (χ4n) is 1.81. The number of pyridine rings is 1. The number of hydrogen-bond acceptors (Lipinski definition) is 5. The monoisotopic (exact) mass is 288 g/mol. The van der Waals surface area contributed by atoms with E-state index in [0.29, 0.717) is 17.3 Å². The van der Waals surface area contributed by atoms with Gasteiger partial charge in [-0.2, -0.15) is 0 Å². The van der Waals surface area contributed by atoms with Gasteiger partial charge in [0.2, 0.25) is 5.88 Å². The van der Waals surface area contributed by atoms with Crippen molar-refractivity contribution in [3.63, 3.8) is 0 Å². The predicted octanol–water partition coefficient (Wildman–Crippen LogP) is 3.10. The lowest BCUT2D eigenvalue weighted by Crippen LogP contribution is -2.14. The number of nitrogens with zero attached hydrogens (tertiary/aromatic N) is 2. The molecule has 2 aromatic heterocycles. The Hall–Kier alpha value is -2.37. The van der Waals surface area contributed by atoms with Crippen LogP contribution in [0.1, 0.15) is 47.1 Å². The van der Waals surface area contributed by atoms with Crippen molar-refractivity contribution in [1.82, 2.24) is 10.1 Å². The van der Waals surface area contributed by atoms with Gasteiger partial charge in [0.15, 0.2) is 0 Å². The van der Waals surface area contributed by atoms with Crippen LogP contribution in [-0.4, -0.2) is 23.1 Å². The molecular weight excluding hydrogens is 268 g/mol. The first kappa shape index (κ1) is 15.0. The van der Waals surface area contributed by atoms with Gasteiger partial charge in [-0.15, -0.1) is 0 Å². The molecule has 0 aliphatic rings. The maximum absolute atomic E-state index is 12.4. The summed E-state index contributed by atoms with van der Waals surface area (Å²) in [5.41, 5.74) is 2.98. The summed E-state index contributed by atoms with van der Waals surface area (Å²) in [5, 5.41) is 9.54. The van der Waals surface area contributed by atoms with Crippen molar-refractivity contribution in [3.05, 3.63) is 34.6 Å². The Labute approximate surface area is 123 Å². The van der Waals surface area contributed by atoms with E-state index in [4.69, 9.17) is 4.52 Å². The fourth-order valence-corrected chi connectivity index (χ4v) is 1.81. The van der Waals surface area contributed by atoms with E-state index in [9.17, 15) is 4.79 Å². The van der Waals surface area contributed by atoms with Crippen LogP contribution in [0, 0.1) is 13.8 Å². The summed E-state index contributed by atoms with van der Waals surface area (Å²) in [6.07, 6.45) is 0. The molecule has 6 heteroatoms. The first-order chi connectivity index (χ1) is 9.92. The molecule has 112 valence electrons. The fraction of sp³-hybridized carbons (Fsp3) is 0.400. The molecule has 0 saturated carbocycles. The van der Waals surface area contributed by atoms with Crippen LogP contribution in [0.4, 0.5) is 11.7 Å². The summed E-state index contributed by atoms with van der Waals surface area (Å²) in [4.78, 5) is 16.8. The van der Waals surface area contributed by atoms with Gasteiger partial charge in [0.1, 0.15) is 5.82 Å². The molecule has 2 rings (SSSR count). The molecule has 6 nitrogen and oxygen atoms in total. The molecule has 0 aromatic carbocycles. The minimum Gasteiger partial charge on any atom is -0.373 e. The molecule has 21 heavy (non-hydrogen) atoms. The molecule has 0 atom stereocenters. The lowest BCUT2D eigenvalue weighted by Gasteiger charge is -2.10. The average Bonchev–Trinajstić information content (AvgIpc) is 2.78. The topological polar surface area (TPSA) is 80.0 Å². The number of carbonyl (C=O) groups is 1. The minimum atomic E-state index is -0.241. The number of aromatic nitrogens is 2. The highest BCUT2D eigenvalue weighted by atomic mass is 16.5. The molecule has 2 heterocycles. The summed E-state index contributed by atoms with van der Waals surface area (Å²) >= 11 is 0. The molecule has 2 N–H and O–H groups in total. The largest absolute Gasteiger partial charge is 0.373 e. The van der Waals surface area contributed by atoms with Crippen LogP contribution < -0.4 is 10.6 Å². The molecule has 1 amide bonds. The maximum Gasteiger partial charge on any atom is 0.258 e. The summed E-state index contributed by atoms with van der Waals surface area (Å²) in [6, 6.07) is 3.50. The molecule has 0 fully saturated rings. The predicted molar refractivity (Wildman–Crippen MR) is 81.8 cm³/mol. The van der Waals surface area contributed by atoms with Crippen LogP contribution in [0.25, 0.3) is 0 Å². The average molecular weight is 288 g/mol. The highest BCUT2D eigenvalue weighted by Crippen LogP contribution is 2.21. The quantitative estimate of drug-likeness (QED) is 0.903. The van der Waals surface area contributed by atoms with E-state index in [1.807, 2.05) is 27.7 Å². The molecule has 0 radical (unpaired) electrons. The first-order valence-corrected chi connectivity index (χ1v) is 6.86. The van der Waals surface area contributed by atoms with Crippen molar-refractivity contribution >= 4 is 17.6 Å². The zero-order chi connectivity index (χ0) is 15.6. The van der Waals surface area contributed by atoms with Gasteiger partial charge >= 0.3 is 0 Å². The number of rotatable bonds is 4. The van der Waals surface area contributed by atoms with Crippen molar-refractivity contribution in [2.45, 2.75) is 33.6 Å². The van der Waals surface area contributed by atoms with Gasteiger partial charge in [-0.25, -0.2) is 4.98 Å². The molecule has 0 saturated heterocycles. The standard InChI is InChI=1S/C15H20N4O2/c1-8(2)12-6-11(7-13(16-5)17-12)14(20)18-15-9(3)10(4)19-21-15/h6-8H,1-5H3,(H,16,17)(H,18,20). The van der Waals surface area contributed by atoms with E-state index in [1.54, 1.807) is 19.2 Å². The normalized spacial score (nSPS) is 10.8. The van der Waals surface area contributed by atoms with E-state index < -0.39 is 0 Å².